The summed E-state index contributed by atoms with van der Waals surface area (Å²) in [5.41, 5.74) is 5.06. The van der Waals surface area contributed by atoms with Crippen LogP contribution < -0.4 is 5.32 Å². The first-order valence-electron chi connectivity index (χ1n) is 8.80. The number of ketones is 1. The van der Waals surface area contributed by atoms with Crippen molar-refractivity contribution in [2.75, 3.05) is 11.9 Å². The predicted octanol–water partition coefficient (Wildman–Crippen LogP) is 3.31. The van der Waals surface area contributed by atoms with Gasteiger partial charge in [0.15, 0.2) is 5.78 Å². The number of rotatable bonds is 7. The number of amides is 1. The minimum atomic E-state index is -0.163. The van der Waals surface area contributed by atoms with Gasteiger partial charge in [-0.05, 0) is 60.6 Å². The van der Waals surface area contributed by atoms with Gasteiger partial charge in [0.2, 0.25) is 5.91 Å². The van der Waals surface area contributed by atoms with Gasteiger partial charge in [0.25, 0.3) is 0 Å². The Kier molecular flexibility index (Phi) is 5.61. The Hall–Kier alpha value is -2.46. The summed E-state index contributed by atoms with van der Waals surface area (Å²) >= 11 is 0. The fourth-order valence-electron chi connectivity index (χ4n) is 3.22. The number of hydrogen-bond donors (Lipinski definition) is 2. The summed E-state index contributed by atoms with van der Waals surface area (Å²) in [6.45, 7) is 0.108. The highest BCUT2D eigenvalue weighted by molar-refractivity contribution is 6.00. The number of anilines is 1. The molecule has 2 aromatic carbocycles. The number of aryl methyl sites for hydroxylation is 2. The maximum absolute atomic E-state index is 12.3. The fourth-order valence-corrected chi connectivity index (χ4v) is 3.22. The summed E-state index contributed by atoms with van der Waals surface area (Å²) in [4.78, 5) is 24.4. The molecule has 0 bridgehead atoms. The summed E-state index contributed by atoms with van der Waals surface area (Å²) in [6, 6.07) is 13.3. The molecule has 0 aliphatic heterocycles. The van der Waals surface area contributed by atoms with Crippen LogP contribution in [0.2, 0.25) is 0 Å². The number of carbonyl (C=O) groups excluding carboxylic acids is 2. The van der Waals surface area contributed by atoms with Gasteiger partial charge in [-0.15, -0.1) is 0 Å². The van der Waals surface area contributed by atoms with Crippen LogP contribution in [0.3, 0.4) is 0 Å². The normalized spacial score (nSPS) is 12.7. The maximum Gasteiger partial charge on any atom is 0.224 e. The lowest BCUT2D eigenvalue weighted by Crippen LogP contribution is -2.13. The van der Waals surface area contributed by atoms with Crippen LogP contribution in [-0.4, -0.2) is 23.4 Å². The highest BCUT2D eigenvalue weighted by atomic mass is 16.3. The van der Waals surface area contributed by atoms with E-state index in [1.165, 1.54) is 11.1 Å². The zero-order valence-electron chi connectivity index (χ0n) is 14.3. The molecule has 1 aliphatic carbocycles. The lowest BCUT2D eigenvalue weighted by atomic mass is 10.0. The van der Waals surface area contributed by atoms with Gasteiger partial charge >= 0.3 is 0 Å². The molecule has 2 aromatic rings. The van der Waals surface area contributed by atoms with E-state index in [0.29, 0.717) is 17.7 Å². The Morgan fingerprint density at radius 2 is 1.72 bits per heavy atom. The largest absolute Gasteiger partial charge is 0.396 e. The van der Waals surface area contributed by atoms with E-state index in [0.717, 1.165) is 24.8 Å². The van der Waals surface area contributed by atoms with Crippen LogP contribution in [0.4, 0.5) is 5.69 Å². The first kappa shape index (κ1) is 17.4. The second-order valence-corrected chi connectivity index (χ2v) is 6.48. The third-order valence-corrected chi connectivity index (χ3v) is 4.64. The van der Waals surface area contributed by atoms with Gasteiger partial charge in [-0.1, -0.05) is 24.3 Å². The van der Waals surface area contributed by atoms with Crippen molar-refractivity contribution in [3.05, 3.63) is 64.7 Å². The highest BCUT2D eigenvalue weighted by Crippen LogP contribution is 2.23. The van der Waals surface area contributed by atoms with Gasteiger partial charge in [0, 0.05) is 30.7 Å². The topological polar surface area (TPSA) is 66.4 Å². The second-order valence-electron chi connectivity index (χ2n) is 6.48. The molecule has 2 N–H and O–H groups in total. The van der Waals surface area contributed by atoms with Crippen LogP contribution >= 0.6 is 0 Å². The van der Waals surface area contributed by atoms with E-state index in [4.69, 9.17) is 5.11 Å². The SMILES string of the molecule is O=C(CCC(=O)c1ccc2c(c1)CCC2)Nc1ccc(CCO)cc1. The van der Waals surface area contributed by atoms with Crippen molar-refractivity contribution >= 4 is 17.4 Å². The third kappa shape index (κ3) is 4.54. The van der Waals surface area contributed by atoms with Crippen molar-refractivity contribution in [3.8, 4) is 0 Å². The van der Waals surface area contributed by atoms with Gasteiger partial charge in [-0.2, -0.15) is 0 Å². The average molecular weight is 337 g/mol. The van der Waals surface area contributed by atoms with Crippen molar-refractivity contribution in [2.45, 2.75) is 38.5 Å². The monoisotopic (exact) mass is 337 g/mol. The Balaban J connectivity index is 1.50. The quantitative estimate of drug-likeness (QED) is 0.762. The molecule has 0 radical (unpaired) electrons. The zero-order valence-corrected chi connectivity index (χ0v) is 14.3. The molecule has 1 aliphatic rings. The fraction of sp³-hybridized carbons (Fsp3) is 0.333. The first-order chi connectivity index (χ1) is 12.2. The second kappa shape index (κ2) is 8.08. The van der Waals surface area contributed by atoms with Crippen LogP contribution in [0.15, 0.2) is 42.5 Å². The minimum Gasteiger partial charge on any atom is -0.396 e. The van der Waals surface area contributed by atoms with E-state index in [1.54, 1.807) is 0 Å². The van der Waals surface area contributed by atoms with Crippen molar-refractivity contribution in [1.29, 1.82) is 0 Å². The van der Waals surface area contributed by atoms with Crippen molar-refractivity contribution in [2.24, 2.45) is 0 Å². The molecule has 4 nitrogen and oxygen atoms in total. The molecule has 0 saturated heterocycles. The molecule has 4 heteroatoms. The van der Waals surface area contributed by atoms with Gasteiger partial charge in [-0.3, -0.25) is 9.59 Å². The van der Waals surface area contributed by atoms with Crippen LogP contribution in [-0.2, 0) is 24.1 Å². The lowest BCUT2D eigenvalue weighted by molar-refractivity contribution is -0.116. The number of aliphatic hydroxyl groups is 1. The Morgan fingerprint density at radius 1 is 0.960 bits per heavy atom. The van der Waals surface area contributed by atoms with E-state index in [-0.39, 0.29) is 31.1 Å². The number of Topliss-reactive ketones (excluding diaryl/α,β-unsaturated/α-hetero) is 1. The molecule has 3 rings (SSSR count). The molecule has 0 heterocycles. The van der Waals surface area contributed by atoms with Crippen molar-refractivity contribution < 1.29 is 14.7 Å². The molecule has 130 valence electrons. The molecule has 0 spiro atoms. The molecular formula is C21H23NO3. The van der Waals surface area contributed by atoms with E-state index < -0.39 is 0 Å². The molecule has 0 fully saturated rings. The van der Waals surface area contributed by atoms with Crippen LogP contribution in [0.25, 0.3) is 0 Å². The predicted molar refractivity (Wildman–Crippen MR) is 97.9 cm³/mol. The molecule has 0 atom stereocenters. The molecule has 0 saturated carbocycles. The smallest absolute Gasteiger partial charge is 0.224 e. The average Bonchev–Trinajstić information content (AvgIpc) is 3.09. The maximum atomic E-state index is 12.3. The number of fused-ring (bicyclic) bond motifs is 1. The van der Waals surface area contributed by atoms with Gasteiger partial charge in [0.1, 0.15) is 0 Å². The first-order valence-corrected chi connectivity index (χ1v) is 8.80. The summed E-state index contributed by atoms with van der Waals surface area (Å²) in [5.74, 6) is -0.146. The Bertz CT molecular complexity index is 765. The zero-order chi connectivity index (χ0) is 17.6. The number of benzene rings is 2. The summed E-state index contributed by atoms with van der Waals surface area (Å²) < 4.78 is 0. The summed E-state index contributed by atoms with van der Waals surface area (Å²) in [7, 11) is 0. The van der Waals surface area contributed by atoms with Crippen molar-refractivity contribution in [1.82, 2.24) is 0 Å². The minimum absolute atomic E-state index is 0.0168. The van der Waals surface area contributed by atoms with Crippen LogP contribution in [0.5, 0.6) is 0 Å². The highest BCUT2D eigenvalue weighted by Gasteiger charge is 2.15. The molecular weight excluding hydrogens is 314 g/mol. The van der Waals surface area contributed by atoms with Gasteiger partial charge in [-0.25, -0.2) is 0 Å². The van der Waals surface area contributed by atoms with E-state index in [2.05, 4.69) is 5.32 Å². The van der Waals surface area contributed by atoms with E-state index >= 15 is 0 Å². The molecule has 0 aromatic heterocycles. The Labute approximate surface area is 147 Å². The van der Waals surface area contributed by atoms with Crippen molar-refractivity contribution in [3.63, 3.8) is 0 Å². The van der Waals surface area contributed by atoms with Gasteiger partial charge < -0.3 is 10.4 Å². The standard InChI is InChI=1S/C21H23NO3/c23-13-12-15-4-8-19(9-5-15)22-21(25)11-10-20(24)18-7-6-16-2-1-3-17(16)14-18/h4-9,14,23H,1-3,10-13H2,(H,22,25). The van der Waals surface area contributed by atoms with Crippen LogP contribution in [0, 0.1) is 0 Å². The summed E-state index contributed by atoms with van der Waals surface area (Å²) in [6.07, 6.45) is 4.30. The number of nitrogens with one attached hydrogen (secondary N) is 1. The molecule has 1 amide bonds. The van der Waals surface area contributed by atoms with Gasteiger partial charge in [0.05, 0.1) is 0 Å². The molecule has 25 heavy (non-hydrogen) atoms. The number of hydrogen-bond acceptors (Lipinski definition) is 3. The third-order valence-electron chi connectivity index (χ3n) is 4.64. The number of carbonyl (C=O) groups is 2. The van der Waals surface area contributed by atoms with E-state index in [9.17, 15) is 9.59 Å². The van der Waals surface area contributed by atoms with E-state index in [1.807, 2.05) is 42.5 Å². The Morgan fingerprint density at radius 3 is 2.48 bits per heavy atom. The number of aliphatic hydroxyl groups excluding tert-OH is 1. The lowest BCUT2D eigenvalue weighted by Gasteiger charge is -2.07. The molecule has 0 unspecified atom stereocenters. The summed E-state index contributed by atoms with van der Waals surface area (Å²) in [5, 5.41) is 11.7. The van der Waals surface area contributed by atoms with Crippen LogP contribution in [0.1, 0.15) is 46.3 Å².